The van der Waals surface area contributed by atoms with E-state index in [2.05, 4.69) is 29.0 Å². The monoisotopic (exact) mass is 331 g/mol. The molecular weight excluding hydrogens is 302 g/mol. The number of hydrogen-bond acceptors (Lipinski definition) is 4. The minimum absolute atomic E-state index is 0.0738. The van der Waals surface area contributed by atoms with Gasteiger partial charge in [-0.15, -0.1) is 0 Å². The van der Waals surface area contributed by atoms with Crippen LogP contribution in [0.3, 0.4) is 0 Å². The maximum absolute atomic E-state index is 12.4. The number of nitrogens with one attached hydrogen (secondary N) is 1. The maximum atomic E-state index is 12.4. The highest BCUT2D eigenvalue weighted by Crippen LogP contribution is 2.31. The van der Waals surface area contributed by atoms with E-state index in [1.165, 1.54) is 0 Å². The summed E-state index contributed by atoms with van der Waals surface area (Å²) < 4.78 is 5.66. The Balaban J connectivity index is 1.47. The molecule has 0 aliphatic carbocycles. The number of carbonyl (C=O) groups is 1. The van der Waals surface area contributed by atoms with Gasteiger partial charge in [-0.1, -0.05) is 32.0 Å². The van der Waals surface area contributed by atoms with Crippen LogP contribution in [0.4, 0.5) is 0 Å². The van der Waals surface area contributed by atoms with Gasteiger partial charge >= 0.3 is 0 Å². The van der Waals surface area contributed by atoms with Crippen molar-refractivity contribution < 1.29 is 9.53 Å². The van der Waals surface area contributed by atoms with E-state index >= 15 is 0 Å². The zero-order valence-corrected chi connectivity index (χ0v) is 14.8. The number of hydrogen-bond donors (Lipinski definition) is 1. The van der Waals surface area contributed by atoms with E-state index in [1.807, 2.05) is 24.3 Å². The molecule has 2 heterocycles. The Hall–Kier alpha value is -1.59. The van der Waals surface area contributed by atoms with Gasteiger partial charge < -0.3 is 15.0 Å². The summed E-state index contributed by atoms with van der Waals surface area (Å²) in [5, 5.41) is 3.19. The molecule has 5 heteroatoms. The predicted octanol–water partition coefficient (Wildman–Crippen LogP) is 1.90. The second-order valence-electron chi connectivity index (χ2n) is 7.27. The summed E-state index contributed by atoms with van der Waals surface area (Å²) in [6.45, 7) is 10.9. The van der Waals surface area contributed by atoms with Crippen LogP contribution in [0.15, 0.2) is 24.3 Å². The Morgan fingerprint density at radius 2 is 1.92 bits per heavy atom. The van der Waals surface area contributed by atoms with Crippen molar-refractivity contribution in [3.8, 4) is 5.75 Å². The molecule has 1 N–H and O–H groups in total. The van der Waals surface area contributed by atoms with Crippen LogP contribution in [0.1, 0.15) is 31.9 Å². The number of ether oxygens (including phenoxy) is 1. The van der Waals surface area contributed by atoms with Crippen LogP contribution in [-0.2, 0) is 4.79 Å². The van der Waals surface area contributed by atoms with Crippen molar-refractivity contribution in [2.24, 2.45) is 5.92 Å². The van der Waals surface area contributed by atoms with Gasteiger partial charge in [-0.2, -0.15) is 0 Å². The Kier molecular flexibility index (Phi) is 5.74. The highest BCUT2D eigenvalue weighted by Gasteiger charge is 2.24. The van der Waals surface area contributed by atoms with Crippen LogP contribution in [0.5, 0.6) is 5.75 Å². The first-order valence-corrected chi connectivity index (χ1v) is 9.07. The van der Waals surface area contributed by atoms with E-state index in [-0.39, 0.29) is 11.9 Å². The lowest BCUT2D eigenvalue weighted by Crippen LogP contribution is -2.50. The molecule has 1 fully saturated rings. The molecule has 0 radical (unpaired) electrons. The third-order valence-electron chi connectivity index (χ3n) is 4.75. The van der Waals surface area contributed by atoms with E-state index in [9.17, 15) is 4.79 Å². The van der Waals surface area contributed by atoms with Crippen molar-refractivity contribution in [2.75, 3.05) is 45.9 Å². The van der Waals surface area contributed by atoms with Gasteiger partial charge in [0.05, 0.1) is 19.2 Å². The second kappa shape index (κ2) is 7.99. The van der Waals surface area contributed by atoms with Gasteiger partial charge in [0, 0.05) is 44.7 Å². The SMILES string of the molecule is CC(C)CN1CCN(CC(=O)NC2CCOc3ccccc32)CC1. The summed E-state index contributed by atoms with van der Waals surface area (Å²) in [7, 11) is 0. The quantitative estimate of drug-likeness (QED) is 0.895. The van der Waals surface area contributed by atoms with Crippen molar-refractivity contribution in [3.63, 3.8) is 0 Å². The minimum Gasteiger partial charge on any atom is -0.493 e. The molecule has 1 unspecified atom stereocenters. The van der Waals surface area contributed by atoms with Gasteiger partial charge in [-0.3, -0.25) is 9.69 Å². The van der Waals surface area contributed by atoms with Crippen LogP contribution < -0.4 is 10.1 Å². The molecule has 2 aliphatic rings. The molecule has 132 valence electrons. The largest absolute Gasteiger partial charge is 0.493 e. The maximum Gasteiger partial charge on any atom is 0.234 e. The second-order valence-corrected chi connectivity index (χ2v) is 7.27. The first kappa shape index (κ1) is 17.2. The fourth-order valence-corrected chi connectivity index (χ4v) is 3.58. The average molecular weight is 331 g/mol. The minimum atomic E-state index is 0.0738. The van der Waals surface area contributed by atoms with Crippen molar-refractivity contribution in [3.05, 3.63) is 29.8 Å². The van der Waals surface area contributed by atoms with E-state index in [4.69, 9.17) is 4.74 Å². The van der Waals surface area contributed by atoms with E-state index < -0.39 is 0 Å². The standard InChI is InChI=1S/C19H29N3O2/c1-15(2)13-21-8-10-22(11-9-21)14-19(23)20-17-7-12-24-18-6-4-3-5-16(17)18/h3-6,15,17H,7-14H2,1-2H3,(H,20,23). The summed E-state index contributed by atoms with van der Waals surface area (Å²) >= 11 is 0. The molecule has 24 heavy (non-hydrogen) atoms. The lowest BCUT2D eigenvalue weighted by atomic mass is 10.0. The van der Waals surface area contributed by atoms with Crippen LogP contribution in [-0.4, -0.2) is 61.6 Å². The van der Waals surface area contributed by atoms with E-state index in [1.54, 1.807) is 0 Å². The molecule has 1 amide bonds. The van der Waals surface area contributed by atoms with Crippen LogP contribution >= 0.6 is 0 Å². The Morgan fingerprint density at radius 3 is 2.67 bits per heavy atom. The summed E-state index contributed by atoms with van der Waals surface area (Å²) in [5.41, 5.74) is 1.10. The molecule has 1 aromatic rings. The number of para-hydroxylation sites is 1. The number of carbonyl (C=O) groups excluding carboxylic acids is 1. The summed E-state index contributed by atoms with van der Waals surface area (Å²) in [4.78, 5) is 17.2. The number of piperazine rings is 1. The number of amides is 1. The summed E-state index contributed by atoms with van der Waals surface area (Å²) in [6, 6.07) is 8.07. The summed E-state index contributed by atoms with van der Waals surface area (Å²) in [5.74, 6) is 1.72. The van der Waals surface area contributed by atoms with Gasteiger partial charge in [0.2, 0.25) is 5.91 Å². The molecular formula is C19H29N3O2. The lowest BCUT2D eigenvalue weighted by molar-refractivity contribution is -0.123. The first-order chi connectivity index (χ1) is 11.6. The topological polar surface area (TPSA) is 44.8 Å². The van der Waals surface area contributed by atoms with Crippen molar-refractivity contribution in [1.82, 2.24) is 15.1 Å². The molecule has 0 saturated carbocycles. The number of fused-ring (bicyclic) bond motifs is 1. The van der Waals surface area contributed by atoms with Gasteiger partial charge in [-0.05, 0) is 12.0 Å². The van der Waals surface area contributed by atoms with Crippen molar-refractivity contribution in [1.29, 1.82) is 0 Å². The van der Waals surface area contributed by atoms with E-state index in [0.29, 0.717) is 19.1 Å². The van der Waals surface area contributed by atoms with Crippen LogP contribution in [0.2, 0.25) is 0 Å². The molecule has 1 saturated heterocycles. The average Bonchev–Trinajstić information content (AvgIpc) is 2.56. The predicted molar refractivity (Wildman–Crippen MR) is 95.2 cm³/mol. The zero-order valence-electron chi connectivity index (χ0n) is 14.8. The number of nitrogens with zero attached hydrogens (tertiary/aromatic N) is 2. The lowest BCUT2D eigenvalue weighted by Gasteiger charge is -2.35. The highest BCUT2D eigenvalue weighted by atomic mass is 16.5. The molecule has 0 spiro atoms. The third kappa shape index (κ3) is 4.48. The van der Waals surface area contributed by atoms with Crippen LogP contribution in [0.25, 0.3) is 0 Å². The zero-order chi connectivity index (χ0) is 16.9. The summed E-state index contributed by atoms with van der Waals surface area (Å²) in [6.07, 6.45) is 0.838. The normalized spacial score (nSPS) is 22.0. The van der Waals surface area contributed by atoms with Gasteiger partial charge in [0.1, 0.15) is 5.75 Å². The number of rotatable bonds is 5. The van der Waals surface area contributed by atoms with Crippen molar-refractivity contribution >= 4 is 5.91 Å². The van der Waals surface area contributed by atoms with E-state index in [0.717, 1.165) is 50.5 Å². The molecule has 0 aromatic heterocycles. The van der Waals surface area contributed by atoms with Crippen molar-refractivity contribution in [2.45, 2.75) is 26.3 Å². The Labute approximate surface area is 145 Å². The molecule has 5 nitrogen and oxygen atoms in total. The highest BCUT2D eigenvalue weighted by molar-refractivity contribution is 5.78. The molecule has 1 atom stereocenters. The van der Waals surface area contributed by atoms with Gasteiger partial charge in [-0.25, -0.2) is 0 Å². The third-order valence-corrected chi connectivity index (χ3v) is 4.75. The van der Waals surface area contributed by atoms with Gasteiger partial charge in [0.25, 0.3) is 0 Å². The van der Waals surface area contributed by atoms with Crippen LogP contribution in [0, 0.1) is 5.92 Å². The fraction of sp³-hybridized carbons (Fsp3) is 0.632. The number of benzene rings is 1. The first-order valence-electron chi connectivity index (χ1n) is 9.07. The molecule has 0 bridgehead atoms. The smallest absolute Gasteiger partial charge is 0.234 e. The molecule has 2 aliphatic heterocycles. The Bertz CT molecular complexity index is 553. The fourth-order valence-electron chi connectivity index (χ4n) is 3.58. The molecule has 1 aromatic carbocycles. The Morgan fingerprint density at radius 1 is 1.21 bits per heavy atom. The molecule has 3 rings (SSSR count). The van der Waals surface area contributed by atoms with Gasteiger partial charge in [0.15, 0.2) is 0 Å².